The van der Waals surface area contributed by atoms with Crippen LogP contribution in [0.15, 0.2) is 18.2 Å². The molecule has 0 aliphatic carbocycles. The van der Waals surface area contributed by atoms with Crippen LogP contribution in [0.4, 0.5) is 8.78 Å². The molecule has 1 aromatic rings. The van der Waals surface area contributed by atoms with Gasteiger partial charge in [0.05, 0.1) is 6.07 Å². The summed E-state index contributed by atoms with van der Waals surface area (Å²) >= 11 is 0. The van der Waals surface area contributed by atoms with E-state index in [0.717, 1.165) is 24.6 Å². The maximum atomic E-state index is 13.3. The summed E-state index contributed by atoms with van der Waals surface area (Å²) in [5.74, 6) is -1.10. The third kappa shape index (κ3) is 3.00. The van der Waals surface area contributed by atoms with Gasteiger partial charge in [-0.25, -0.2) is 8.78 Å². The lowest BCUT2D eigenvalue weighted by Gasteiger charge is -2.11. The summed E-state index contributed by atoms with van der Waals surface area (Å²) in [7, 11) is 0. The molecular formula is C11H12F2N2. The molecule has 1 atom stereocenters. The molecule has 1 N–H and O–H groups in total. The highest BCUT2D eigenvalue weighted by atomic mass is 19.1. The van der Waals surface area contributed by atoms with Crippen molar-refractivity contribution in [2.75, 3.05) is 6.54 Å². The molecule has 80 valence electrons. The van der Waals surface area contributed by atoms with Crippen LogP contribution in [0, 0.1) is 23.0 Å². The van der Waals surface area contributed by atoms with Crippen molar-refractivity contribution in [3.8, 4) is 6.07 Å². The van der Waals surface area contributed by atoms with E-state index in [0.29, 0.717) is 6.54 Å². The summed E-state index contributed by atoms with van der Waals surface area (Å²) in [6.07, 6.45) is 0.828. The van der Waals surface area contributed by atoms with E-state index in [-0.39, 0.29) is 5.56 Å². The standard InChI is InChI=1S/C11H12F2N2/c1-2-5-15-11(7-14)9-6-8(12)3-4-10(9)13/h3-4,6,11,15H,2,5H2,1H3. The molecule has 0 spiro atoms. The Morgan fingerprint density at radius 2 is 2.20 bits per heavy atom. The molecule has 0 bridgehead atoms. The highest BCUT2D eigenvalue weighted by Crippen LogP contribution is 2.17. The second-order valence-electron chi connectivity index (χ2n) is 3.18. The fourth-order valence-corrected chi connectivity index (χ4v) is 1.25. The van der Waals surface area contributed by atoms with Crippen molar-refractivity contribution in [2.24, 2.45) is 0 Å². The SMILES string of the molecule is CCCNC(C#N)c1cc(F)ccc1F. The van der Waals surface area contributed by atoms with Gasteiger partial charge in [0.2, 0.25) is 0 Å². The van der Waals surface area contributed by atoms with Gasteiger partial charge in [-0.15, -0.1) is 0 Å². The molecule has 1 rings (SSSR count). The summed E-state index contributed by atoms with van der Waals surface area (Å²) in [4.78, 5) is 0. The van der Waals surface area contributed by atoms with Crippen LogP contribution in [0.25, 0.3) is 0 Å². The highest BCUT2D eigenvalue weighted by molar-refractivity contribution is 5.26. The third-order valence-corrected chi connectivity index (χ3v) is 2.00. The van der Waals surface area contributed by atoms with E-state index in [9.17, 15) is 8.78 Å². The zero-order valence-electron chi connectivity index (χ0n) is 8.43. The minimum absolute atomic E-state index is 0.0611. The lowest BCUT2D eigenvalue weighted by atomic mass is 10.1. The normalized spacial score (nSPS) is 12.1. The third-order valence-electron chi connectivity index (χ3n) is 2.00. The number of nitriles is 1. The van der Waals surface area contributed by atoms with E-state index >= 15 is 0 Å². The largest absolute Gasteiger partial charge is 0.298 e. The first-order chi connectivity index (χ1) is 7.19. The fraction of sp³-hybridized carbons (Fsp3) is 0.364. The van der Waals surface area contributed by atoms with Crippen LogP contribution in [0.2, 0.25) is 0 Å². The molecule has 0 fully saturated rings. The number of hydrogen-bond donors (Lipinski definition) is 1. The first kappa shape index (κ1) is 11.6. The van der Waals surface area contributed by atoms with Crippen molar-refractivity contribution in [2.45, 2.75) is 19.4 Å². The molecule has 0 radical (unpaired) electrons. The first-order valence-electron chi connectivity index (χ1n) is 4.77. The average molecular weight is 210 g/mol. The van der Waals surface area contributed by atoms with Crippen molar-refractivity contribution >= 4 is 0 Å². The monoisotopic (exact) mass is 210 g/mol. The van der Waals surface area contributed by atoms with Gasteiger partial charge in [-0.1, -0.05) is 6.92 Å². The lowest BCUT2D eigenvalue weighted by Crippen LogP contribution is -2.21. The summed E-state index contributed by atoms with van der Waals surface area (Å²) in [6.45, 7) is 2.53. The van der Waals surface area contributed by atoms with E-state index in [1.165, 1.54) is 0 Å². The van der Waals surface area contributed by atoms with Gasteiger partial charge in [0.1, 0.15) is 17.7 Å². The van der Waals surface area contributed by atoms with Crippen molar-refractivity contribution in [1.82, 2.24) is 5.32 Å². The van der Waals surface area contributed by atoms with Crippen LogP contribution in [-0.2, 0) is 0 Å². The summed E-state index contributed by atoms with van der Waals surface area (Å²) in [5.41, 5.74) is 0.0611. The minimum Gasteiger partial charge on any atom is -0.298 e. The second kappa shape index (κ2) is 5.42. The van der Waals surface area contributed by atoms with Gasteiger partial charge in [0.15, 0.2) is 0 Å². The highest BCUT2D eigenvalue weighted by Gasteiger charge is 2.14. The summed E-state index contributed by atoms with van der Waals surface area (Å²) < 4.78 is 26.1. The van der Waals surface area contributed by atoms with Crippen LogP contribution >= 0.6 is 0 Å². The molecule has 0 aliphatic heterocycles. The van der Waals surface area contributed by atoms with E-state index in [1.54, 1.807) is 0 Å². The molecule has 0 saturated carbocycles. The number of benzene rings is 1. The molecular weight excluding hydrogens is 198 g/mol. The van der Waals surface area contributed by atoms with E-state index in [1.807, 2.05) is 13.0 Å². The van der Waals surface area contributed by atoms with Gasteiger partial charge in [0.25, 0.3) is 0 Å². The maximum Gasteiger partial charge on any atom is 0.129 e. The Balaban J connectivity index is 2.91. The molecule has 2 nitrogen and oxygen atoms in total. The van der Waals surface area contributed by atoms with E-state index < -0.39 is 17.7 Å². The van der Waals surface area contributed by atoms with Crippen LogP contribution in [-0.4, -0.2) is 6.54 Å². The molecule has 4 heteroatoms. The smallest absolute Gasteiger partial charge is 0.129 e. The molecule has 1 unspecified atom stereocenters. The fourth-order valence-electron chi connectivity index (χ4n) is 1.25. The quantitative estimate of drug-likeness (QED) is 0.828. The van der Waals surface area contributed by atoms with Crippen molar-refractivity contribution in [3.63, 3.8) is 0 Å². The molecule has 0 aliphatic rings. The van der Waals surface area contributed by atoms with Gasteiger partial charge in [-0.05, 0) is 31.2 Å². The predicted molar refractivity (Wildman–Crippen MR) is 53.0 cm³/mol. The summed E-state index contributed by atoms with van der Waals surface area (Å²) in [5, 5.41) is 11.7. The molecule has 15 heavy (non-hydrogen) atoms. The Kier molecular flexibility index (Phi) is 4.19. The van der Waals surface area contributed by atoms with Gasteiger partial charge >= 0.3 is 0 Å². The van der Waals surface area contributed by atoms with Gasteiger partial charge in [-0.2, -0.15) is 5.26 Å². The van der Waals surface area contributed by atoms with Gasteiger partial charge < -0.3 is 0 Å². The Labute approximate surface area is 87.5 Å². The predicted octanol–water partition coefficient (Wildman–Crippen LogP) is 2.53. The van der Waals surface area contributed by atoms with Gasteiger partial charge in [-0.3, -0.25) is 5.32 Å². The number of halogens is 2. The first-order valence-corrected chi connectivity index (χ1v) is 4.77. The zero-order chi connectivity index (χ0) is 11.3. The number of rotatable bonds is 4. The van der Waals surface area contributed by atoms with E-state index in [4.69, 9.17) is 5.26 Å². The van der Waals surface area contributed by atoms with Crippen LogP contribution in [0.1, 0.15) is 24.9 Å². The minimum atomic E-state index is -0.791. The Morgan fingerprint density at radius 3 is 2.80 bits per heavy atom. The maximum absolute atomic E-state index is 13.3. The number of hydrogen-bond acceptors (Lipinski definition) is 2. The van der Waals surface area contributed by atoms with Crippen LogP contribution in [0.3, 0.4) is 0 Å². The molecule has 0 aromatic heterocycles. The molecule has 1 aromatic carbocycles. The zero-order valence-corrected chi connectivity index (χ0v) is 8.43. The van der Waals surface area contributed by atoms with Crippen LogP contribution < -0.4 is 5.32 Å². The lowest BCUT2D eigenvalue weighted by molar-refractivity contribution is 0.546. The number of nitrogens with one attached hydrogen (secondary N) is 1. The molecule has 0 heterocycles. The number of nitrogens with zero attached hydrogens (tertiary/aromatic N) is 1. The molecule has 0 saturated heterocycles. The Hall–Kier alpha value is -1.47. The van der Waals surface area contributed by atoms with Crippen molar-refractivity contribution < 1.29 is 8.78 Å². The van der Waals surface area contributed by atoms with Gasteiger partial charge in [0, 0.05) is 5.56 Å². The Morgan fingerprint density at radius 1 is 1.47 bits per heavy atom. The van der Waals surface area contributed by atoms with E-state index in [2.05, 4.69) is 5.32 Å². The summed E-state index contributed by atoms with van der Waals surface area (Å²) in [6, 6.07) is 4.23. The second-order valence-corrected chi connectivity index (χ2v) is 3.18. The topological polar surface area (TPSA) is 35.8 Å². The average Bonchev–Trinajstić information content (AvgIpc) is 2.24. The van der Waals surface area contributed by atoms with Crippen LogP contribution in [0.5, 0.6) is 0 Å². The van der Waals surface area contributed by atoms with Crippen molar-refractivity contribution in [3.05, 3.63) is 35.4 Å². The molecule has 0 amide bonds. The van der Waals surface area contributed by atoms with Crippen molar-refractivity contribution in [1.29, 1.82) is 5.26 Å². The Bertz CT molecular complexity index is 371.